The summed E-state index contributed by atoms with van der Waals surface area (Å²) in [6, 6.07) is 4.65. The SMILES string of the molecule is COc1ccc(S(=O)(=O)N2CCC(Oc3cncc(N(C)C)n3)C2)c(OC)c1. The smallest absolute Gasteiger partial charge is 0.246 e. The zero-order chi connectivity index (χ0) is 20.3. The van der Waals surface area contributed by atoms with Crippen molar-refractivity contribution < 1.29 is 22.6 Å². The van der Waals surface area contributed by atoms with Crippen molar-refractivity contribution in [1.82, 2.24) is 14.3 Å². The number of aromatic nitrogens is 2. The van der Waals surface area contributed by atoms with Gasteiger partial charge in [0.05, 0.1) is 33.2 Å². The molecule has 28 heavy (non-hydrogen) atoms. The molecule has 1 unspecified atom stereocenters. The first kappa shape index (κ1) is 20.2. The molecular formula is C18H24N4O5S. The van der Waals surface area contributed by atoms with Crippen molar-refractivity contribution in [3.05, 3.63) is 30.6 Å². The predicted molar refractivity (Wildman–Crippen MR) is 104 cm³/mol. The highest BCUT2D eigenvalue weighted by Crippen LogP contribution is 2.32. The van der Waals surface area contributed by atoms with Gasteiger partial charge in [-0.25, -0.2) is 8.42 Å². The molecule has 0 spiro atoms. The van der Waals surface area contributed by atoms with Crippen molar-refractivity contribution in [3.63, 3.8) is 0 Å². The predicted octanol–water partition coefficient (Wildman–Crippen LogP) is 1.40. The van der Waals surface area contributed by atoms with E-state index in [2.05, 4.69) is 9.97 Å². The van der Waals surface area contributed by atoms with Crippen molar-refractivity contribution in [2.45, 2.75) is 17.4 Å². The zero-order valence-corrected chi connectivity index (χ0v) is 17.1. The summed E-state index contributed by atoms with van der Waals surface area (Å²) in [5, 5.41) is 0. The third-order valence-electron chi connectivity index (χ3n) is 4.44. The summed E-state index contributed by atoms with van der Waals surface area (Å²) in [5.41, 5.74) is 0. The lowest BCUT2D eigenvalue weighted by Crippen LogP contribution is -2.31. The number of hydrogen-bond donors (Lipinski definition) is 0. The summed E-state index contributed by atoms with van der Waals surface area (Å²) in [4.78, 5) is 10.4. The molecule has 0 radical (unpaired) electrons. The minimum atomic E-state index is -3.72. The monoisotopic (exact) mass is 408 g/mol. The van der Waals surface area contributed by atoms with Gasteiger partial charge in [-0.15, -0.1) is 0 Å². The molecule has 1 atom stereocenters. The van der Waals surface area contributed by atoms with Crippen LogP contribution in [0.15, 0.2) is 35.5 Å². The first-order valence-corrected chi connectivity index (χ1v) is 10.2. The maximum Gasteiger partial charge on any atom is 0.246 e. The minimum Gasteiger partial charge on any atom is -0.497 e. The van der Waals surface area contributed by atoms with Gasteiger partial charge < -0.3 is 19.1 Å². The van der Waals surface area contributed by atoms with E-state index < -0.39 is 10.0 Å². The molecule has 2 aromatic rings. The lowest BCUT2D eigenvalue weighted by molar-refractivity contribution is 0.206. The summed E-state index contributed by atoms with van der Waals surface area (Å²) >= 11 is 0. The van der Waals surface area contributed by atoms with Crippen molar-refractivity contribution in [1.29, 1.82) is 0 Å². The summed E-state index contributed by atoms with van der Waals surface area (Å²) in [5.74, 6) is 1.81. The number of sulfonamides is 1. The van der Waals surface area contributed by atoms with Gasteiger partial charge in [0.2, 0.25) is 15.9 Å². The van der Waals surface area contributed by atoms with E-state index in [4.69, 9.17) is 14.2 Å². The van der Waals surface area contributed by atoms with E-state index in [-0.39, 0.29) is 23.3 Å². The molecule has 1 aromatic carbocycles. The first-order valence-electron chi connectivity index (χ1n) is 8.73. The van der Waals surface area contributed by atoms with Gasteiger partial charge in [-0.05, 0) is 18.6 Å². The van der Waals surface area contributed by atoms with Gasteiger partial charge in [-0.1, -0.05) is 0 Å². The Morgan fingerprint density at radius 1 is 1.18 bits per heavy atom. The fraction of sp³-hybridized carbons (Fsp3) is 0.444. The Bertz CT molecular complexity index is 935. The Morgan fingerprint density at radius 2 is 1.96 bits per heavy atom. The van der Waals surface area contributed by atoms with Crippen LogP contribution in [0.3, 0.4) is 0 Å². The van der Waals surface area contributed by atoms with Crippen molar-refractivity contribution in [3.8, 4) is 17.4 Å². The summed E-state index contributed by atoms with van der Waals surface area (Å²) < 4.78 is 43.8. The molecule has 0 aliphatic carbocycles. The average molecular weight is 408 g/mol. The normalized spacial score (nSPS) is 17.4. The summed E-state index contributed by atoms with van der Waals surface area (Å²) in [6.45, 7) is 0.578. The highest BCUT2D eigenvalue weighted by molar-refractivity contribution is 7.89. The Balaban J connectivity index is 1.75. The van der Waals surface area contributed by atoms with E-state index in [0.717, 1.165) is 0 Å². The number of rotatable bonds is 7. The number of benzene rings is 1. The third kappa shape index (κ3) is 4.12. The fourth-order valence-electron chi connectivity index (χ4n) is 2.92. The molecule has 0 saturated carbocycles. The second-order valence-electron chi connectivity index (χ2n) is 6.52. The molecule has 0 amide bonds. The zero-order valence-electron chi connectivity index (χ0n) is 16.3. The molecule has 0 N–H and O–H groups in total. The van der Waals surface area contributed by atoms with E-state index in [1.807, 2.05) is 19.0 Å². The molecule has 152 valence electrons. The van der Waals surface area contributed by atoms with Gasteiger partial charge in [0, 0.05) is 26.7 Å². The number of nitrogens with zero attached hydrogens (tertiary/aromatic N) is 4. The summed E-state index contributed by atoms with van der Waals surface area (Å²) in [7, 11) is 2.94. The highest BCUT2D eigenvalue weighted by atomic mass is 32.2. The van der Waals surface area contributed by atoms with Crippen LogP contribution >= 0.6 is 0 Å². The molecule has 1 saturated heterocycles. The molecule has 1 fully saturated rings. The van der Waals surface area contributed by atoms with Crippen LogP contribution in [0.5, 0.6) is 17.4 Å². The highest BCUT2D eigenvalue weighted by Gasteiger charge is 2.35. The van der Waals surface area contributed by atoms with Crippen LogP contribution in [-0.2, 0) is 10.0 Å². The van der Waals surface area contributed by atoms with E-state index in [9.17, 15) is 8.42 Å². The van der Waals surface area contributed by atoms with Gasteiger partial charge in [-0.3, -0.25) is 4.98 Å². The molecule has 10 heteroatoms. The molecule has 1 aromatic heterocycles. The van der Waals surface area contributed by atoms with Gasteiger partial charge in [0.15, 0.2) is 5.82 Å². The molecule has 0 bridgehead atoms. The van der Waals surface area contributed by atoms with Crippen LogP contribution in [0.25, 0.3) is 0 Å². The Kier molecular flexibility index (Phi) is 5.90. The molecule has 1 aliphatic rings. The van der Waals surface area contributed by atoms with Crippen LogP contribution in [0.4, 0.5) is 5.82 Å². The Morgan fingerprint density at radius 3 is 2.64 bits per heavy atom. The van der Waals surface area contributed by atoms with Crippen LogP contribution in [0.2, 0.25) is 0 Å². The molecule has 3 rings (SSSR count). The number of hydrogen-bond acceptors (Lipinski definition) is 8. The fourth-order valence-corrected chi connectivity index (χ4v) is 4.54. The molecule has 2 heterocycles. The quantitative estimate of drug-likeness (QED) is 0.679. The third-order valence-corrected chi connectivity index (χ3v) is 6.35. The second kappa shape index (κ2) is 8.19. The molecule has 9 nitrogen and oxygen atoms in total. The van der Waals surface area contributed by atoms with Crippen LogP contribution < -0.4 is 19.1 Å². The molecular weight excluding hydrogens is 384 g/mol. The Hall–Kier alpha value is -2.59. The van der Waals surface area contributed by atoms with Gasteiger partial charge in [0.25, 0.3) is 0 Å². The second-order valence-corrected chi connectivity index (χ2v) is 8.42. The standard InChI is InChI=1S/C18H24N4O5S/c1-21(2)17-10-19-11-18(20-17)27-14-7-8-22(12-14)28(23,24)16-6-5-13(25-3)9-15(16)26-4/h5-6,9-11,14H,7-8,12H2,1-4H3. The van der Waals surface area contributed by atoms with E-state index >= 15 is 0 Å². The van der Waals surface area contributed by atoms with Crippen molar-refractivity contribution in [2.24, 2.45) is 0 Å². The van der Waals surface area contributed by atoms with Crippen LogP contribution in [0, 0.1) is 0 Å². The first-order chi connectivity index (χ1) is 13.3. The van der Waals surface area contributed by atoms with E-state index in [1.54, 1.807) is 18.3 Å². The van der Waals surface area contributed by atoms with Crippen LogP contribution in [-0.4, -0.2) is 70.2 Å². The number of anilines is 1. The maximum atomic E-state index is 13.1. The van der Waals surface area contributed by atoms with Crippen molar-refractivity contribution in [2.75, 3.05) is 46.3 Å². The lowest BCUT2D eigenvalue weighted by Gasteiger charge is -2.19. The van der Waals surface area contributed by atoms with Gasteiger partial charge >= 0.3 is 0 Å². The van der Waals surface area contributed by atoms with E-state index in [0.29, 0.717) is 30.4 Å². The minimum absolute atomic E-state index is 0.103. The van der Waals surface area contributed by atoms with Crippen LogP contribution in [0.1, 0.15) is 6.42 Å². The topological polar surface area (TPSA) is 94.1 Å². The Labute approximate surface area is 164 Å². The number of methoxy groups -OCH3 is 2. The summed E-state index contributed by atoms with van der Waals surface area (Å²) in [6.07, 6.45) is 3.42. The van der Waals surface area contributed by atoms with Gasteiger partial charge in [0.1, 0.15) is 22.5 Å². The van der Waals surface area contributed by atoms with Gasteiger partial charge in [-0.2, -0.15) is 9.29 Å². The molecule has 1 aliphatic heterocycles. The van der Waals surface area contributed by atoms with E-state index in [1.165, 1.54) is 30.8 Å². The van der Waals surface area contributed by atoms with Crippen molar-refractivity contribution >= 4 is 15.8 Å². The average Bonchev–Trinajstić information content (AvgIpc) is 3.16. The lowest BCUT2D eigenvalue weighted by atomic mass is 10.3. The maximum absolute atomic E-state index is 13.1. The number of ether oxygens (including phenoxy) is 3. The largest absolute Gasteiger partial charge is 0.497 e.